The average Bonchev–Trinajstić information content (AvgIpc) is 2.93. The lowest BCUT2D eigenvalue weighted by molar-refractivity contribution is -0.0459. The van der Waals surface area contributed by atoms with E-state index in [1.807, 2.05) is 0 Å². The standard InChI is InChI=1S/C10H11ClFN5O3/c11-10-15-7(13)5-8(16-10)17(2-14-5)9-4(12)6(19)3(1-18)20-9/h2-4,6,9,18-19H,1H2,(H2,13,15,16)/t3-,4?,6+,9+/m1/s1. The average molecular weight is 304 g/mol. The summed E-state index contributed by atoms with van der Waals surface area (Å²) in [6.45, 7) is -0.497. The number of nitrogens with zero attached hydrogens (tertiary/aromatic N) is 4. The molecule has 0 amide bonds. The number of hydrogen-bond donors (Lipinski definition) is 3. The summed E-state index contributed by atoms with van der Waals surface area (Å²) in [6, 6.07) is 0. The highest BCUT2D eigenvalue weighted by Gasteiger charge is 2.45. The molecule has 10 heteroatoms. The minimum atomic E-state index is -1.74. The van der Waals surface area contributed by atoms with Crippen LogP contribution in [0.2, 0.25) is 5.28 Å². The number of imidazole rings is 1. The molecule has 1 fully saturated rings. The molecular formula is C10H11ClFN5O3. The third-order valence-electron chi connectivity index (χ3n) is 3.17. The third kappa shape index (κ3) is 1.90. The van der Waals surface area contributed by atoms with Gasteiger partial charge in [-0.2, -0.15) is 9.97 Å². The second-order valence-corrected chi connectivity index (χ2v) is 4.72. The smallest absolute Gasteiger partial charge is 0.226 e. The predicted octanol–water partition coefficient (Wildman–Crippen LogP) is -0.349. The minimum Gasteiger partial charge on any atom is -0.394 e. The summed E-state index contributed by atoms with van der Waals surface area (Å²) in [4.78, 5) is 11.7. The van der Waals surface area contributed by atoms with Gasteiger partial charge in [0.15, 0.2) is 23.9 Å². The molecular weight excluding hydrogens is 293 g/mol. The number of rotatable bonds is 2. The van der Waals surface area contributed by atoms with E-state index in [9.17, 15) is 9.50 Å². The summed E-state index contributed by atoms with van der Waals surface area (Å²) in [5.41, 5.74) is 6.10. The van der Waals surface area contributed by atoms with Gasteiger partial charge in [-0.05, 0) is 11.6 Å². The molecule has 0 radical (unpaired) electrons. The molecule has 1 saturated heterocycles. The first-order valence-corrected chi connectivity index (χ1v) is 6.14. The van der Waals surface area contributed by atoms with E-state index in [0.717, 1.165) is 0 Å². The van der Waals surface area contributed by atoms with Crippen LogP contribution >= 0.6 is 11.6 Å². The number of aromatic nitrogens is 4. The molecule has 0 saturated carbocycles. The second kappa shape index (κ2) is 4.77. The van der Waals surface area contributed by atoms with Gasteiger partial charge < -0.3 is 20.7 Å². The van der Waals surface area contributed by atoms with Crippen LogP contribution in [-0.4, -0.2) is 54.7 Å². The van der Waals surface area contributed by atoms with Gasteiger partial charge >= 0.3 is 0 Å². The van der Waals surface area contributed by atoms with Crippen molar-refractivity contribution in [2.75, 3.05) is 12.3 Å². The van der Waals surface area contributed by atoms with E-state index >= 15 is 0 Å². The molecule has 2 aromatic rings. The SMILES string of the molecule is Nc1nc(Cl)nc2c1ncn2[C@H]1O[C@H](CO)[C@H](O)C1F. The number of halogens is 2. The number of fused-ring (bicyclic) bond motifs is 1. The lowest BCUT2D eigenvalue weighted by Crippen LogP contribution is -2.30. The van der Waals surface area contributed by atoms with E-state index in [-0.39, 0.29) is 22.3 Å². The Labute approximate surface area is 117 Å². The van der Waals surface area contributed by atoms with Crippen molar-refractivity contribution in [3.8, 4) is 0 Å². The Morgan fingerprint density at radius 2 is 2.25 bits per heavy atom. The summed E-state index contributed by atoms with van der Waals surface area (Å²) in [5, 5.41) is 18.6. The van der Waals surface area contributed by atoms with Gasteiger partial charge in [0.2, 0.25) is 5.28 Å². The van der Waals surface area contributed by atoms with E-state index in [2.05, 4.69) is 15.0 Å². The molecule has 4 N–H and O–H groups in total. The van der Waals surface area contributed by atoms with E-state index in [0.29, 0.717) is 0 Å². The third-order valence-corrected chi connectivity index (χ3v) is 3.34. The van der Waals surface area contributed by atoms with Gasteiger partial charge in [-0.25, -0.2) is 9.37 Å². The fourth-order valence-corrected chi connectivity index (χ4v) is 2.35. The lowest BCUT2D eigenvalue weighted by atomic mass is 10.1. The van der Waals surface area contributed by atoms with Gasteiger partial charge in [0.25, 0.3) is 0 Å². The van der Waals surface area contributed by atoms with Crippen LogP contribution in [0.3, 0.4) is 0 Å². The zero-order chi connectivity index (χ0) is 14.4. The van der Waals surface area contributed by atoms with E-state index in [1.54, 1.807) is 0 Å². The largest absolute Gasteiger partial charge is 0.394 e. The molecule has 1 unspecified atom stereocenters. The van der Waals surface area contributed by atoms with Crippen molar-refractivity contribution in [2.45, 2.75) is 24.6 Å². The maximum absolute atomic E-state index is 14.1. The van der Waals surface area contributed by atoms with Crippen molar-refractivity contribution < 1.29 is 19.3 Å². The first kappa shape index (κ1) is 13.4. The molecule has 0 spiro atoms. The van der Waals surface area contributed by atoms with Crippen LogP contribution in [0.25, 0.3) is 11.2 Å². The molecule has 3 rings (SSSR count). The zero-order valence-electron chi connectivity index (χ0n) is 10.0. The van der Waals surface area contributed by atoms with Crippen LogP contribution in [0, 0.1) is 0 Å². The molecule has 8 nitrogen and oxygen atoms in total. The Kier molecular flexibility index (Phi) is 3.21. The van der Waals surface area contributed by atoms with Gasteiger partial charge in [-0.15, -0.1) is 0 Å². The number of alkyl halides is 1. The van der Waals surface area contributed by atoms with Crippen LogP contribution in [-0.2, 0) is 4.74 Å². The number of nitrogen functional groups attached to an aromatic ring is 1. The van der Waals surface area contributed by atoms with Crippen molar-refractivity contribution in [3.05, 3.63) is 11.6 Å². The quantitative estimate of drug-likeness (QED) is 0.649. The monoisotopic (exact) mass is 303 g/mol. The lowest BCUT2D eigenvalue weighted by Gasteiger charge is -2.15. The van der Waals surface area contributed by atoms with Crippen LogP contribution in [0.15, 0.2) is 6.33 Å². The Balaban J connectivity index is 2.07. The molecule has 20 heavy (non-hydrogen) atoms. The normalized spacial score (nSPS) is 30.2. The Morgan fingerprint density at radius 3 is 2.90 bits per heavy atom. The number of anilines is 1. The zero-order valence-corrected chi connectivity index (χ0v) is 10.8. The van der Waals surface area contributed by atoms with Gasteiger partial charge in [-0.1, -0.05) is 0 Å². The molecule has 4 atom stereocenters. The van der Waals surface area contributed by atoms with Crippen LogP contribution < -0.4 is 5.73 Å². The predicted molar refractivity (Wildman–Crippen MR) is 66.6 cm³/mol. The second-order valence-electron chi connectivity index (χ2n) is 4.38. The van der Waals surface area contributed by atoms with E-state index in [4.69, 9.17) is 27.2 Å². The van der Waals surface area contributed by atoms with E-state index in [1.165, 1.54) is 10.9 Å². The van der Waals surface area contributed by atoms with Crippen molar-refractivity contribution in [1.29, 1.82) is 0 Å². The van der Waals surface area contributed by atoms with E-state index < -0.39 is 31.2 Å². The summed E-state index contributed by atoms with van der Waals surface area (Å²) in [7, 11) is 0. The highest BCUT2D eigenvalue weighted by molar-refractivity contribution is 6.28. The number of hydrogen-bond acceptors (Lipinski definition) is 7. The number of aliphatic hydroxyl groups excluding tert-OH is 2. The molecule has 1 aliphatic heterocycles. The fourth-order valence-electron chi connectivity index (χ4n) is 2.18. The van der Waals surface area contributed by atoms with Gasteiger partial charge in [0, 0.05) is 0 Å². The first-order chi connectivity index (χ1) is 9.52. The molecule has 2 aromatic heterocycles. The van der Waals surface area contributed by atoms with Crippen LogP contribution in [0.5, 0.6) is 0 Å². The summed E-state index contributed by atoms with van der Waals surface area (Å²) >= 11 is 5.71. The molecule has 0 aromatic carbocycles. The Bertz CT molecular complexity index is 653. The van der Waals surface area contributed by atoms with Gasteiger partial charge in [0.05, 0.1) is 12.9 Å². The fraction of sp³-hybridized carbons (Fsp3) is 0.500. The summed E-state index contributed by atoms with van der Waals surface area (Å²) in [6.07, 6.45) is -4.08. The molecule has 3 heterocycles. The molecule has 0 bridgehead atoms. The van der Waals surface area contributed by atoms with Crippen LogP contribution in [0.1, 0.15) is 6.23 Å². The number of ether oxygens (including phenoxy) is 1. The Morgan fingerprint density at radius 1 is 1.50 bits per heavy atom. The van der Waals surface area contributed by atoms with Crippen molar-refractivity contribution in [3.63, 3.8) is 0 Å². The maximum atomic E-state index is 14.1. The summed E-state index contributed by atoms with van der Waals surface area (Å²) in [5.74, 6) is 0.0615. The van der Waals surface area contributed by atoms with Crippen molar-refractivity contribution in [2.24, 2.45) is 0 Å². The number of aliphatic hydroxyl groups is 2. The maximum Gasteiger partial charge on any atom is 0.226 e. The topological polar surface area (TPSA) is 119 Å². The molecule has 108 valence electrons. The highest BCUT2D eigenvalue weighted by atomic mass is 35.5. The van der Waals surface area contributed by atoms with Crippen molar-refractivity contribution >= 4 is 28.6 Å². The van der Waals surface area contributed by atoms with Crippen molar-refractivity contribution in [1.82, 2.24) is 19.5 Å². The van der Waals surface area contributed by atoms with Gasteiger partial charge in [-0.3, -0.25) is 4.57 Å². The Hall–Kier alpha value is -1.55. The van der Waals surface area contributed by atoms with Gasteiger partial charge in [0.1, 0.15) is 17.7 Å². The highest BCUT2D eigenvalue weighted by Crippen LogP contribution is 2.34. The minimum absolute atomic E-state index is 0.0615. The molecule has 0 aliphatic carbocycles. The number of nitrogens with two attached hydrogens (primary N) is 1. The van der Waals surface area contributed by atoms with Crippen LogP contribution in [0.4, 0.5) is 10.2 Å². The molecule has 1 aliphatic rings. The summed E-state index contributed by atoms with van der Waals surface area (Å²) < 4.78 is 20.6. The first-order valence-electron chi connectivity index (χ1n) is 5.77.